The molecular formula is C85H146O16P2. The van der Waals surface area contributed by atoms with Crippen LogP contribution in [0, 0.1) is 0 Å². The molecule has 0 aliphatic carbocycles. The van der Waals surface area contributed by atoms with E-state index in [1.54, 1.807) is 0 Å². The van der Waals surface area contributed by atoms with Gasteiger partial charge in [0, 0.05) is 19.3 Å². The van der Waals surface area contributed by atoms with Crippen LogP contribution < -0.4 is 0 Å². The predicted octanol–water partition coefficient (Wildman–Crippen LogP) is 23.9. The Morgan fingerprint density at radius 2 is 0.524 bits per heavy atom. The average molecular weight is 1490 g/mol. The molecule has 0 aromatic heterocycles. The van der Waals surface area contributed by atoms with Crippen LogP contribution >= 0.6 is 15.6 Å². The normalized spacial score (nSPS) is 14.7. The summed E-state index contributed by atoms with van der Waals surface area (Å²) in [6, 6.07) is 0. The van der Waals surface area contributed by atoms with Gasteiger partial charge in [-0.15, -0.1) is 0 Å². The molecule has 0 spiro atoms. The Bertz CT molecular complexity index is 2410. The minimum absolute atomic E-state index is 0.0853. The van der Waals surface area contributed by atoms with Crippen molar-refractivity contribution in [3.63, 3.8) is 0 Å². The molecule has 0 heterocycles. The monoisotopic (exact) mass is 1490 g/mol. The Balaban J connectivity index is 4.40. The van der Waals surface area contributed by atoms with Crippen molar-refractivity contribution in [3.05, 3.63) is 134 Å². The first-order valence-corrected chi connectivity index (χ1v) is 43.5. The van der Waals surface area contributed by atoms with Gasteiger partial charge in [-0.3, -0.25) is 32.5 Å². The highest BCUT2D eigenvalue weighted by molar-refractivity contribution is 7.47. The minimum Gasteiger partial charge on any atom is -0.463 e. The molecule has 0 radical (unpaired) electrons. The number of ether oxygens (including phenoxy) is 3. The zero-order valence-electron chi connectivity index (χ0n) is 64.7. The van der Waals surface area contributed by atoms with Crippen LogP contribution in [0.15, 0.2) is 134 Å². The molecule has 0 aromatic rings. The fourth-order valence-corrected chi connectivity index (χ4v) is 12.2. The summed E-state index contributed by atoms with van der Waals surface area (Å²) in [6.07, 6.45) is 93.9. The number of allylic oxidation sites excluding steroid dienone is 22. The van der Waals surface area contributed by atoms with Crippen LogP contribution in [-0.4, -0.2) is 95.9 Å². The first-order valence-electron chi connectivity index (χ1n) is 40.5. The Labute approximate surface area is 626 Å². The highest BCUT2D eigenvalue weighted by Gasteiger charge is 2.29. The Morgan fingerprint density at radius 1 is 0.282 bits per heavy atom. The van der Waals surface area contributed by atoms with E-state index in [9.17, 15) is 43.5 Å². The molecule has 0 fully saturated rings. The van der Waals surface area contributed by atoms with Crippen LogP contribution in [0.3, 0.4) is 0 Å². The molecule has 0 aromatic carbocycles. The Morgan fingerprint density at radius 3 is 0.854 bits per heavy atom. The van der Waals surface area contributed by atoms with Gasteiger partial charge in [0.15, 0.2) is 6.10 Å². The number of carbonyl (C=O) groups is 3. The average Bonchev–Trinajstić information content (AvgIpc) is 0.913. The molecule has 5 atom stereocenters. The van der Waals surface area contributed by atoms with E-state index in [2.05, 4.69) is 154 Å². The number of hydrogen-bond donors (Lipinski definition) is 4. The van der Waals surface area contributed by atoms with Crippen molar-refractivity contribution in [2.45, 2.75) is 347 Å². The lowest BCUT2D eigenvalue weighted by molar-refractivity contribution is -0.161. The molecule has 0 rings (SSSR count). The summed E-state index contributed by atoms with van der Waals surface area (Å²) >= 11 is 0. The van der Waals surface area contributed by atoms with Crippen molar-refractivity contribution in [3.8, 4) is 0 Å². The van der Waals surface area contributed by atoms with Crippen LogP contribution in [0.25, 0.3) is 0 Å². The summed E-state index contributed by atoms with van der Waals surface area (Å²) in [5.41, 5.74) is 0. The zero-order chi connectivity index (χ0) is 75.2. The van der Waals surface area contributed by atoms with E-state index in [-0.39, 0.29) is 19.3 Å². The molecule has 592 valence electrons. The smallest absolute Gasteiger partial charge is 0.463 e. The van der Waals surface area contributed by atoms with Crippen molar-refractivity contribution in [2.24, 2.45) is 0 Å². The third-order valence-electron chi connectivity index (χ3n) is 16.8. The predicted molar refractivity (Wildman–Crippen MR) is 426 cm³/mol. The summed E-state index contributed by atoms with van der Waals surface area (Å²) in [7, 11) is -9.79. The number of aliphatic hydroxyl groups excluding tert-OH is 2. The SMILES string of the molecule is CC/C=C\C/C=C\C/C=C\C/C=C\C/C=C\C/C=C\CCCCCCC(=O)OCC(COP(=O)(O)OCC(O)COP(=O)(O)OCC(O)COC(=O)CCCCCCCCCCCCCCCCCCC/C=C\C/C=C\C/C=C\C/C=C\CCCCC)OC(=O)CCCCCCC/C=C\CCCC. The van der Waals surface area contributed by atoms with E-state index in [0.717, 1.165) is 141 Å². The van der Waals surface area contributed by atoms with E-state index in [1.165, 1.54) is 128 Å². The third-order valence-corrected chi connectivity index (χ3v) is 18.7. The number of hydrogen-bond acceptors (Lipinski definition) is 14. The van der Waals surface area contributed by atoms with Gasteiger partial charge in [0.2, 0.25) is 0 Å². The second-order valence-corrected chi connectivity index (χ2v) is 29.7. The van der Waals surface area contributed by atoms with Gasteiger partial charge in [0.1, 0.15) is 25.4 Å². The van der Waals surface area contributed by atoms with Crippen molar-refractivity contribution >= 4 is 33.6 Å². The van der Waals surface area contributed by atoms with E-state index >= 15 is 0 Å². The summed E-state index contributed by atoms with van der Waals surface area (Å²) in [5, 5.41) is 20.6. The van der Waals surface area contributed by atoms with Gasteiger partial charge in [-0.1, -0.05) is 309 Å². The number of rotatable bonds is 76. The Hall–Kier alpha value is -4.31. The number of phosphoric ester groups is 2. The quantitative estimate of drug-likeness (QED) is 0.0146. The maximum Gasteiger partial charge on any atom is 0.472 e. The molecule has 4 N–H and O–H groups in total. The minimum atomic E-state index is -4.94. The lowest BCUT2D eigenvalue weighted by Crippen LogP contribution is -2.30. The molecule has 0 aliphatic heterocycles. The maximum absolute atomic E-state index is 12.9. The molecule has 16 nitrogen and oxygen atoms in total. The van der Waals surface area contributed by atoms with Gasteiger partial charge in [-0.2, -0.15) is 0 Å². The summed E-state index contributed by atoms with van der Waals surface area (Å²) in [4.78, 5) is 58.5. The van der Waals surface area contributed by atoms with E-state index in [4.69, 9.17) is 32.3 Å². The molecule has 0 saturated heterocycles. The number of carbonyl (C=O) groups excluding carboxylic acids is 3. The van der Waals surface area contributed by atoms with Gasteiger partial charge in [-0.25, -0.2) is 9.13 Å². The highest BCUT2D eigenvalue weighted by Crippen LogP contribution is 2.45. The van der Waals surface area contributed by atoms with E-state index in [1.807, 2.05) is 0 Å². The van der Waals surface area contributed by atoms with Crippen molar-refractivity contribution in [1.82, 2.24) is 0 Å². The van der Waals surface area contributed by atoms with Crippen LogP contribution in [-0.2, 0) is 55.8 Å². The summed E-state index contributed by atoms with van der Waals surface area (Å²) in [5.74, 6) is -1.61. The number of phosphoric acid groups is 2. The molecule has 0 amide bonds. The van der Waals surface area contributed by atoms with Gasteiger partial charge in [0.25, 0.3) is 0 Å². The molecule has 0 saturated carbocycles. The second kappa shape index (κ2) is 77.3. The van der Waals surface area contributed by atoms with Gasteiger partial charge in [0.05, 0.1) is 26.4 Å². The fourth-order valence-electron chi connectivity index (χ4n) is 10.7. The first kappa shape index (κ1) is 98.7. The highest BCUT2D eigenvalue weighted by atomic mass is 31.2. The van der Waals surface area contributed by atoms with Crippen LogP contribution in [0.4, 0.5) is 0 Å². The third kappa shape index (κ3) is 78.6. The van der Waals surface area contributed by atoms with Crippen molar-refractivity contribution in [1.29, 1.82) is 0 Å². The largest absolute Gasteiger partial charge is 0.472 e. The lowest BCUT2D eigenvalue weighted by Gasteiger charge is -2.21. The topological polar surface area (TPSA) is 231 Å². The van der Waals surface area contributed by atoms with Gasteiger partial charge in [-0.05, 0) is 135 Å². The van der Waals surface area contributed by atoms with Gasteiger partial charge < -0.3 is 34.2 Å². The molecule has 0 aliphatic rings. The number of unbranched alkanes of at least 4 members (excludes halogenated alkanes) is 31. The summed E-state index contributed by atoms with van der Waals surface area (Å²) in [6.45, 7) is 2.46. The standard InChI is InChI=1S/C85H146O16P2/c1-4-7-10-13-16-19-22-24-26-28-30-32-34-35-36-37-38-39-40-41-42-43-45-47-48-50-52-54-57-59-62-65-68-71-83(88)95-74-80(86)75-97-102(91,92)98-76-81(87)77-99-103(93,94)100-79-82(101-85(90)73-70-67-64-61-56-21-18-15-12-9-6-3)78-96-84(89)72-69-66-63-60-58-55-53-51-49-46-44-33-31-29-27-25-23-20-17-14-11-8-5-2/h8,11,15-20,24-27,30-33,35-36,46,49,53,55,80-82,86-87H,4-7,9-10,12-14,21-23,28-29,34,37-45,47-48,50-52,54,56-79H2,1-3H3,(H,91,92)(H,93,94)/b11-8-,18-15-,19-16-,20-17-,26-24-,27-25-,32-30-,33-31-,36-35-,49-46-,55-53-. The van der Waals surface area contributed by atoms with E-state index < -0.39 is 91.5 Å². The fraction of sp³-hybridized carbons (Fsp3) is 0.706. The number of esters is 3. The lowest BCUT2D eigenvalue weighted by atomic mass is 10.0. The molecule has 18 heteroatoms. The van der Waals surface area contributed by atoms with Gasteiger partial charge >= 0.3 is 33.6 Å². The molecular weight excluding hydrogens is 1340 g/mol. The first-order chi connectivity index (χ1) is 50.2. The second-order valence-electron chi connectivity index (χ2n) is 26.8. The zero-order valence-corrected chi connectivity index (χ0v) is 66.5. The van der Waals surface area contributed by atoms with Crippen LogP contribution in [0.5, 0.6) is 0 Å². The summed E-state index contributed by atoms with van der Waals surface area (Å²) < 4.78 is 61.0. The van der Waals surface area contributed by atoms with E-state index in [0.29, 0.717) is 19.3 Å². The van der Waals surface area contributed by atoms with Crippen LogP contribution in [0.1, 0.15) is 329 Å². The van der Waals surface area contributed by atoms with Crippen molar-refractivity contribution in [2.75, 3.05) is 39.6 Å². The number of aliphatic hydroxyl groups is 2. The molecule has 0 bridgehead atoms. The molecule has 103 heavy (non-hydrogen) atoms. The van der Waals surface area contributed by atoms with Crippen molar-refractivity contribution < 1.29 is 75.8 Å². The Kier molecular flexibility index (Phi) is 74.1. The maximum atomic E-state index is 12.9. The molecule has 5 unspecified atom stereocenters. The van der Waals surface area contributed by atoms with Crippen LogP contribution in [0.2, 0.25) is 0 Å².